The highest BCUT2D eigenvalue weighted by Gasteiger charge is 2.11. The monoisotopic (exact) mass is 319 g/mol. The first-order chi connectivity index (χ1) is 10.7. The highest BCUT2D eigenvalue weighted by Crippen LogP contribution is 2.28. The van der Waals surface area contributed by atoms with E-state index in [1.54, 1.807) is 0 Å². The molecule has 3 nitrogen and oxygen atoms in total. The van der Waals surface area contributed by atoms with Gasteiger partial charge in [-0.15, -0.1) is 0 Å². The maximum Gasteiger partial charge on any atom is 0.124 e. The van der Waals surface area contributed by atoms with Crippen molar-refractivity contribution in [3.8, 4) is 5.75 Å². The Bertz CT molecular complexity index is 599. The average molecular weight is 320 g/mol. The van der Waals surface area contributed by atoms with Crippen LogP contribution in [0.4, 0.5) is 5.69 Å². The predicted molar refractivity (Wildman–Crippen MR) is 91.6 cm³/mol. The third-order valence-electron chi connectivity index (χ3n) is 3.55. The molecule has 0 saturated heterocycles. The smallest absolute Gasteiger partial charge is 0.124 e. The third kappa shape index (κ3) is 4.15. The van der Waals surface area contributed by atoms with Crippen molar-refractivity contribution >= 4 is 17.3 Å². The molecule has 0 radical (unpaired) electrons. The van der Waals surface area contributed by atoms with E-state index in [9.17, 15) is 5.11 Å². The van der Waals surface area contributed by atoms with Crippen LogP contribution in [-0.4, -0.2) is 11.7 Å². The van der Waals surface area contributed by atoms with Crippen LogP contribution in [0.15, 0.2) is 42.5 Å². The molecule has 2 rings (SSSR count). The minimum Gasteiger partial charge on any atom is -0.494 e. The van der Waals surface area contributed by atoms with Gasteiger partial charge < -0.3 is 15.2 Å². The Morgan fingerprint density at radius 3 is 2.45 bits per heavy atom. The standard InChI is InChI=1S/C18H22ClNO2/c1-3-17(13-5-7-15(19)8-6-13)20-16-9-10-18(22-4-2)14(11-16)12-21/h5-11,17,20-21H,3-4,12H2,1-2H3. The Labute approximate surface area is 136 Å². The average Bonchev–Trinajstić information content (AvgIpc) is 2.55. The Kier molecular flexibility index (Phi) is 6.10. The van der Waals surface area contributed by atoms with Crippen LogP contribution in [-0.2, 0) is 6.61 Å². The predicted octanol–water partition coefficient (Wildman–Crippen LogP) is 4.79. The van der Waals surface area contributed by atoms with Crippen LogP contribution in [0.25, 0.3) is 0 Å². The van der Waals surface area contributed by atoms with E-state index in [4.69, 9.17) is 16.3 Å². The van der Waals surface area contributed by atoms with Gasteiger partial charge in [-0.25, -0.2) is 0 Å². The Morgan fingerprint density at radius 2 is 1.86 bits per heavy atom. The molecule has 118 valence electrons. The lowest BCUT2D eigenvalue weighted by molar-refractivity contribution is 0.267. The van der Waals surface area contributed by atoms with E-state index >= 15 is 0 Å². The second-order valence-corrected chi connectivity index (χ2v) is 5.51. The molecular weight excluding hydrogens is 298 g/mol. The second kappa shape index (κ2) is 8.06. The van der Waals surface area contributed by atoms with Gasteiger partial charge in [0.05, 0.1) is 19.3 Å². The van der Waals surface area contributed by atoms with E-state index in [-0.39, 0.29) is 12.6 Å². The molecule has 1 unspecified atom stereocenters. The fourth-order valence-corrected chi connectivity index (χ4v) is 2.53. The number of rotatable bonds is 7. The van der Waals surface area contributed by atoms with Crippen LogP contribution in [0.1, 0.15) is 37.4 Å². The van der Waals surface area contributed by atoms with Crippen molar-refractivity contribution in [2.45, 2.75) is 32.9 Å². The van der Waals surface area contributed by atoms with E-state index in [0.29, 0.717) is 6.61 Å². The van der Waals surface area contributed by atoms with Gasteiger partial charge in [0, 0.05) is 16.3 Å². The van der Waals surface area contributed by atoms with Gasteiger partial charge in [0.1, 0.15) is 5.75 Å². The number of aliphatic hydroxyl groups excluding tert-OH is 1. The molecule has 0 spiro atoms. The van der Waals surface area contributed by atoms with Crippen molar-refractivity contribution in [1.82, 2.24) is 0 Å². The van der Waals surface area contributed by atoms with Crippen LogP contribution < -0.4 is 10.1 Å². The number of anilines is 1. The molecule has 0 fully saturated rings. The second-order valence-electron chi connectivity index (χ2n) is 5.07. The topological polar surface area (TPSA) is 41.5 Å². The molecule has 0 aliphatic heterocycles. The molecule has 0 amide bonds. The summed E-state index contributed by atoms with van der Waals surface area (Å²) in [5.74, 6) is 0.732. The maximum absolute atomic E-state index is 9.49. The first-order valence-electron chi connectivity index (χ1n) is 7.56. The summed E-state index contributed by atoms with van der Waals surface area (Å²) in [7, 11) is 0. The summed E-state index contributed by atoms with van der Waals surface area (Å²) in [5.41, 5.74) is 2.94. The highest BCUT2D eigenvalue weighted by molar-refractivity contribution is 6.30. The van der Waals surface area contributed by atoms with Gasteiger partial charge in [-0.3, -0.25) is 0 Å². The molecule has 0 saturated carbocycles. The van der Waals surface area contributed by atoms with E-state index in [1.807, 2.05) is 49.4 Å². The minimum absolute atomic E-state index is 0.0391. The van der Waals surface area contributed by atoms with Gasteiger partial charge in [-0.2, -0.15) is 0 Å². The highest BCUT2D eigenvalue weighted by atomic mass is 35.5. The zero-order valence-corrected chi connectivity index (χ0v) is 13.7. The number of halogens is 1. The van der Waals surface area contributed by atoms with Crippen molar-refractivity contribution in [3.63, 3.8) is 0 Å². The van der Waals surface area contributed by atoms with Crippen LogP contribution in [0.2, 0.25) is 5.02 Å². The Morgan fingerprint density at radius 1 is 1.14 bits per heavy atom. The number of benzene rings is 2. The lowest BCUT2D eigenvalue weighted by Crippen LogP contribution is -2.10. The van der Waals surface area contributed by atoms with Gasteiger partial charge in [0.15, 0.2) is 0 Å². The van der Waals surface area contributed by atoms with Gasteiger partial charge >= 0.3 is 0 Å². The van der Waals surface area contributed by atoms with E-state index in [1.165, 1.54) is 5.56 Å². The van der Waals surface area contributed by atoms with Crippen molar-refractivity contribution in [2.24, 2.45) is 0 Å². The number of hydrogen-bond donors (Lipinski definition) is 2. The summed E-state index contributed by atoms with van der Waals surface area (Å²) < 4.78 is 5.51. The summed E-state index contributed by atoms with van der Waals surface area (Å²) in [6, 6.07) is 13.9. The first-order valence-corrected chi connectivity index (χ1v) is 7.94. The fraction of sp³-hybridized carbons (Fsp3) is 0.333. The third-order valence-corrected chi connectivity index (χ3v) is 3.80. The van der Waals surface area contributed by atoms with Crippen molar-refractivity contribution in [3.05, 3.63) is 58.6 Å². The minimum atomic E-state index is -0.0391. The zero-order valence-electron chi connectivity index (χ0n) is 13.0. The SMILES string of the molecule is CCOc1ccc(NC(CC)c2ccc(Cl)cc2)cc1CO. The number of hydrogen-bond acceptors (Lipinski definition) is 3. The van der Waals surface area contributed by atoms with Crippen LogP contribution >= 0.6 is 11.6 Å². The molecule has 0 aliphatic rings. The molecule has 0 heterocycles. The first kappa shape index (κ1) is 16.7. The number of ether oxygens (including phenoxy) is 1. The summed E-state index contributed by atoms with van der Waals surface area (Å²) >= 11 is 5.94. The van der Waals surface area contributed by atoms with Gasteiger partial charge in [0.2, 0.25) is 0 Å². The quantitative estimate of drug-likeness (QED) is 0.770. The summed E-state index contributed by atoms with van der Waals surface area (Å²) in [6.45, 7) is 4.61. The molecule has 22 heavy (non-hydrogen) atoms. The molecule has 0 aromatic heterocycles. The number of aliphatic hydroxyl groups is 1. The lowest BCUT2D eigenvalue weighted by atomic mass is 10.0. The maximum atomic E-state index is 9.49. The van der Waals surface area contributed by atoms with E-state index in [0.717, 1.165) is 28.4 Å². The summed E-state index contributed by atoms with van der Waals surface area (Å²) in [5, 5.41) is 13.7. The van der Waals surface area contributed by atoms with Crippen LogP contribution in [0, 0.1) is 0 Å². The fourth-order valence-electron chi connectivity index (χ4n) is 2.41. The normalized spacial score (nSPS) is 12.0. The molecule has 0 bridgehead atoms. The molecule has 4 heteroatoms. The van der Waals surface area contributed by atoms with Crippen LogP contribution in [0.5, 0.6) is 5.75 Å². The van der Waals surface area contributed by atoms with Crippen molar-refractivity contribution < 1.29 is 9.84 Å². The largest absolute Gasteiger partial charge is 0.494 e. The van der Waals surface area contributed by atoms with Crippen molar-refractivity contribution in [2.75, 3.05) is 11.9 Å². The van der Waals surface area contributed by atoms with E-state index in [2.05, 4.69) is 12.2 Å². The Hall–Kier alpha value is -1.71. The van der Waals surface area contributed by atoms with Gasteiger partial charge in [-0.05, 0) is 49.2 Å². The molecule has 1 atom stereocenters. The van der Waals surface area contributed by atoms with Gasteiger partial charge in [0.25, 0.3) is 0 Å². The molecule has 2 N–H and O–H groups in total. The molecule has 2 aromatic carbocycles. The van der Waals surface area contributed by atoms with Crippen molar-refractivity contribution in [1.29, 1.82) is 0 Å². The molecule has 2 aromatic rings. The number of nitrogens with one attached hydrogen (secondary N) is 1. The summed E-state index contributed by atoms with van der Waals surface area (Å²) in [6.07, 6.45) is 0.948. The Balaban J connectivity index is 2.18. The van der Waals surface area contributed by atoms with E-state index < -0.39 is 0 Å². The van der Waals surface area contributed by atoms with Gasteiger partial charge in [-0.1, -0.05) is 30.7 Å². The molecule has 0 aliphatic carbocycles. The van der Waals surface area contributed by atoms with Crippen LogP contribution in [0.3, 0.4) is 0 Å². The zero-order chi connectivity index (χ0) is 15.9. The lowest BCUT2D eigenvalue weighted by Gasteiger charge is -2.20. The molecular formula is C18H22ClNO2. The summed E-state index contributed by atoms with van der Waals surface area (Å²) in [4.78, 5) is 0.